The molecule has 0 rings (SSSR count). The van der Waals surface area contributed by atoms with Crippen LogP contribution < -0.4 is 0 Å². The summed E-state index contributed by atoms with van der Waals surface area (Å²) in [7, 11) is -7.05. The van der Waals surface area contributed by atoms with Crippen LogP contribution in [0.15, 0.2) is 0 Å². The van der Waals surface area contributed by atoms with Gasteiger partial charge in [-0.25, -0.2) is 0 Å². The van der Waals surface area contributed by atoms with Crippen LogP contribution in [0.4, 0.5) is 0 Å². The number of halogens is 4. The Bertz CT molecular complexity index is 312. The molecule has 0 unspecified atom stereocenters. The smallest absolute Gasteiger partial charge is 0.182 e. The highest BCUT2D eigenvalue weighted by molar-refractivity contribution is 6.70. The van der Waals surface area contributed by atoms with E-state index in [-0.39, 0.29) is 0 Å². The molecule has 0 saturated heterocycles. The highest BCUT2D eigenvalue weighted by Gasteiger charge is 2.16. The Morgan fingerprint density at radius 3 is 0.531 bits per heavy atom. The first-order valence-corrected chi connectivity index (χ1v) is 26.1. The summed E-state index contributed by atoms with van der Waals surface area (Å²) in [6, 6.07) is 3.71. The SMILES string of the molecule is C[Si](C)(O)CCCCl.C[Si](C)(O)CCCCl.C[Si](C)(O)CCCCl.C[Si](C)(O)CCCCl. The average Bonchev–Trinajstić information content (AvgIpc) is 2.60. The summed E-state index contributed by atoms with van der Waals surface area (Å²) in [5.41, 5.74) is 0. The molecular weight excluding hydrogens is 558 g/mol. The van der Waals surface area contributed by atoms with E-state index in [4.69, 9.17) is 46.4 Å². The van der Waals surface area contributed by atoms with Crippen molar-refractivity contribution >= 4 is 79.7 Å². The van der Waals surface area contributed by atoms with E-state index >= 15 is 0 Å². The van der Waals surface area contributed by atoms with Gasteiger partial charge in [-0.1, -0.05) is 0 Å². The van der Waals surface area contributed by atoms with Gasteiger partial charge in [-0.2, -0.15) is 0 Å². The molecule has 200 valence electrons. The number of hydrogen-bond acceptors (Lipinski definition) is 4. The molecule has 4 N–H and O–H groups in total. The molecule has 0 aromatic rings. The summed E-state index contributed by atoms with van der Waals surface area (Å²) < 4.78 is 0. The molecule has 0 saturated carbocycles. The van der Waals surface area contributed by atoms with Crippen LogP contribution in [-0.2, 0) is 0 Å². The van der Waals surface area contributed by atoms with Crippen LogP contribution in [0, 0.1) is 0 Å². The molecular formula is C20H52Cl4O4Si4. The zero-order chi connectivity index (χ0) is 26.5. The van der Waals surface area contributed by atoms with Gasteiger partial charge in [0.05, 0.1) is 0 Å². The third kappa shape index (κ3) is 63.5. The largest absolute Gasteiger partial charge is 0.432 e. The molecule has 0 amide bonds. The van der Waals surface area contributed by atoms with Crippen LogP contribution in [0.25, 0.3) is 0 Å². The lowest BCUT2D eigenvalue weighted by Gasteiger charge is -2.11. The molecule has 0 aliphatic heterocycles. The first-order valence-electron chi connectivity index (χ1n) is 11.4. The Morgan fingerprint density at radius 2 is 0.500 bits per heavy atom. The van der Waals surface area contributed by atoms with Gasteiger partial charge in [0.15, 0.2) is 33.3 Å². The van der Waals surface area contributed by atoms with Crippen LogP contribution in [-0.4, -0.2) is 76.0 Å². The van der Waals surface area contributed by atoms with Gasteiger partial charge in [-0.3, -0.25) is 0 Å². The maximum absolute atomic E-state index is 9.23. The number of rotatable bonds is 12. The van der Waals surface area contributed by atoms with Gasteiger partial charge < -0.3 is 19.2 Å². The molecule has 0 aliphatic rings. The van der Waals surface area contributed by atoms with Crippen LogP contribution in [0.5, 0.6) is 0 Å². The van der Waals surface area contributed by atoms with E-state index in [9.17, 15) is 19.2 Å². The van der Waals surface area contributed by atoms with Crippen molar-refractivity contribution in [3.05, 3.63) is 0 Å². The van der Waals surface area contributed by atoms with Crippen molar-refractivity contribution < 1.29 is 19.2 Å². The maximum atomic E-state index is 9.23. The molecule has 12 heteroatoms. The quantitative estimate of drug-likeness (QED) is 0.139. The second-order valence-corrected chi connectivity index (χ2v) is 28.4. The molecule has 32 heavy (non-hydrogen) atoms. The number of alkyl halides is 4. The molecule has 0 aliphatic carbocycles. The summed E-state index contributed by atoms with van der Waals surface area (Å²) in [5, 5.41) is 0. The van der Waals surface area contributed by atoms with Crippen LogP contribution in [0.3, 0.4) is 0 Å². The fourth-order valence-electron chi connectivity index (χ4n) is 2.00. The summed E-state index contributed by atoms with van der Waals surface area (Å²) in [6.07, 6.45) is 3.82. The molecule has 0 atom stereocenters. The average molecular weight is 611 g/mol. The van der Waals surface area contributed by atoms with Gasteiger partial charge in [0.25, 0.3) is 0 Å². The van der Waals surface area contributed by atoms with Crippen molar-refractivity contribution in [2.24, 2.45) is 0 Å². The minimum absolute atomic E-state index is 0.678. The molecule has 0 aromatic carbocycles. The predicted molar refractivity (Wildman–Crippen MR) is 159 cm³/mol. The predicted octanol–water partition coefficient (Wildman–Crippen LogP) is 7.25. The molecule has 0 bridgehead atoms. The van der Waals surface area contributed by atoms with Gasteiger partial charge in [0.2, 0.25) is 0 Å². The lowest BCUT2D eigenvalue weighted by atomic mass is 10.6. The van der Waals surface area contributed by atoms with Gasteiger partial charge in [0.1, 0.15) is 0 Å². The lowest BCUT2D eigenvalue weighted by molar-refractivity contribution is 0.545. The van der Waals surface area contributed by atoms with Gasteiger partial charge in [0, 0.05) is 23.5 Å². The molecule has 0 fully saturated rings. The van der Waals surface area contributed by atoms with Crippen LogP contribution >= 0.6 is 46.4 Å². The normalized spacial score (nSPS) is 12.0. The second-order valence-electron chi connectivity index (χ2n) is 10.4. The summed E-state index contributed by atoms with van der Waals surface area (Å²) >= 11 is 21.7. The van der Waals surface area contributed by atoms with E-state index in [1.165, 1.54) is 0 Å². The van der Waals surface area contributed by atoms with Gasteiger partial charge in [-0.15, -0.1) is 46.4 Å². The third-order valence-corrected chi connectivity index (χ3v) is 11.1. The van der Waals surface area contributed by atoms with E-state index in [1.54, 1.807) is 0 Å². The van der Waals surface area contributed by atoms with E-state index in [2.05, 4.69) is 0 Å². The molecule has 0 radical (unpaired) electrons. The van der Waals surface area contributed by atoms with E-state index in [1.807, 2.05) is 52.4 Å². The molecule has 0 aromatic heterocycles. The fourth-order valence-corrected chi connectivity index (χ4v) is 7.60. The van der Waals surface area contributed by atoms with Crippen molar-refractivity contribution in [3.63, 3.8) is 0 Å². The lowest BCUT2D eigenvalue weighted by Crippen LogP contribution is -2.24. The van der Waals surface area contributed by atoms with E-state index in [0.717, 1.165) is 49.9 Å². The molecule has 0 heterocycles. The fraction of sp³-hybridized carbons (Fsp3) is 1.00. The second kappa shape index (κ2) is 23.3. The summed E-state index contributed by atoms with van der Waals surface area (Å²) in [4.78, 5) is 36.9. The monoisotopic (exact) mass is 608 g/mol. The maximum Gasteiger partial charge on any atom is 0.182 e. The van der Waals surface area contributed by atoms with Crippen molar-refractivity contribution in [1.82, 2.24) is 0 Å². The first-order chi connectivity index (χ1) is 14.2. The van der Waals surface area contributed by atoms with Crippen molar-refractivity contribution in [3.8, 4) is 0 Å². The zero-order valence-corrected chi connectivity index (χ0v) is 28.8. The van der Waals surface area contributed by atoms with Gasteiger partial charge in [-0.05, 0) is 102 Å². The Morgan fingerprint density at radius 1 is 0.375 bits per heavy atom. The first kappa shape index (κ1) is 41.0. The topological polar surface area (TPSA) is 80.9 Å². The Kier molecular flexibility index (Phi) is 29.8. The minimum Gasteiger partial charge on any atom is -0.432 e. The standard InChI is InChI=1S/4C5H13ClOSi/c4*1-8(2,7)5-3-4-6/h4*7H,3-5H2,1-2H3. The summed E-state index contributed by atoms with van der Waals surface area (Å²) in [5.74, 6) is 2.71. The summed E-state index contributed by atoms with van der Waals surface area (Å²) in [6.45, 7) is 15.4. The van der Waals surface area contributed by atoms with E-state index < -0.39 is 33.3 Å². The van der Waals surface area contributed by atoms with E-state index in [0.29, 0.717) is 23.5 Å². The van der Waals surface area contributed by atoms with Crippen LogP contribution in [0.2, 0.25) is 76.6 Å². The molecule has 0 spiro atoms. The third-order valence-electron chi connectivity index (χ3n) is 3.69. The van der Waals surface area contributed by atoms with Crippen LogP contribution in [0.1, 0.15) is 25.7 Å². The number of hydrogen-bond donors (Lipinski definition) is 4. The minimum atomic E-state index is -1.76. The highest BCUT2D eigenvalue weighted by Crippen LogP contribution is 2.09. The highest BCUT2D eigenvalue weighted by atomic mass is 35.5. The Labute approximate surface area is 223 Å². The zero-order valence-electron chi connectivity index (χ0n) is 21.8. The van der Waals surface area contributed by atoms with Crippen molar-refractivity contribution in [2.75, 3.05) is 23.5 Å². The van der Waals surface area contributed by atoms with Crippen molar-refractivity contribution in [2.45, 2.75) is 102 Å². The van der Waals surface area contributed by atoms with Gasteiger partial charge >= 0.3 is 0 Å². The van der Waals surface area contributed by atoms with Crippen molar-refractivity contribution in [1.29, 1.82) is 0 Å². The molecule has 4 nitrogen and oxygen atoms in total. The Hall–Kier alpha value is 1.87. The Balaban J connectivity index is -0.000000163.